The highest BCUT2D eigenvalue weighted by Gasteiger charge is 2.32. The van der Waals surface area contributed by atoms with Crippen molar-refractivity contribution in [3.8, 4) is 0 Å². The lowest BCUT2D eigenvalue weighted by molar-refractivity contribution is 0.172. The van der Waals surface area contributed by atoms with E-state index in [2.05, 4.69) is 15.3 Å². The Morgan fingerprint density at radius 1 is 1.41 bits per heavy atom. The van der Waals surface area contributed by atoms with Crippen molar-refractivity contribution in [3.05, 3.63) is 11.2 Å². The van der Waals surface area contributed by atoms with Crippen LogP contribution in [0.5, 0.6) is 0 Å². The van der Waals surface area contributed by atoms with Crippen molar-refractivity contribution in [2.75, 3.05) is 17.7 Å². The Bertz CT molecular complexity index is 393. The van der Waals surface area contributed by atoms with Gasteiger partial charge in [-0.15, -0.1) is 0 Å². The zero-order chi connectivity index (χ0) is 12.3. The molecule has 94 valence electrons. The van der Waals surface area contributed by atoms with Crippen LogP contribution < -0.4 is 11.1 Å². The summed E-state index contributed by atoms with van der Waals surface area (Å²) in [6, 6.07) is 0. The number of nitrogens with two attached hydrogens (primary N) is 1. The summed E-state index contributed by atoms with van der Waals surface area (Å²) < 4.78 is 0. The van der Waals surface area contributed by atoms with Crippen LogP contribution in [-0.4, -0.2) is 27.2 Å². The van der Waals surface area contributed by atoms with Crippen LogP contribution in [0.4, 0.5) is 11.8 Å². The lowest BCUT2D eigenvalue weighted by Gasteiger charge is -2.37. The Balaban J connectivity index is 2.20. The third kappa shape index (κ3) is 2.79. The van der Waals surface area contributed by atoms with E-state index in [1.807, 2.05) is 0 Å². The quantitative estimate of drug-likeness (QED) is 0.768. The van der Waals surface area contributed by atoms with Crippen LogP contribution in [0.1, 0.15) is 32.1 Å². The molecule has 1 aromatic rings. The molecule has 0 aromatic carbocycles. The van der Waals surface area contributed by atoms with E-state index in [9.17, 15) is 5.11 Å². The lowest BCUT2D eigenvalue weighted by atomic mass is 9.82. The highest BCUT2D eigenvalue weighted by atomic mass is 35.5. The Morgan fingerprint density at radius 2 is 2.12 bits per heavy atom. The Morgan fingerprint density at radius 3 is 2.76 bits per heavy atom. The van der Waals surface area contributed by atoms with Gasteiger partial charge in [-0.3, -0.25) is 0 Å². The molecule has 1 aliphatic rings. The second kappa shape index (κ2) is 5.06. The minimum absolute atomic E-state index is 0.0766. The summed E-state index contributed by atoms with van der Waals surface area (Å²) in [6.07, 6.45) is 6.73. The summed E-state index contributed by atoms with van der Waals surface area (Å²) in [5.74, 6) is 0.691. The summed E-state index contributed by atoms with van der Waals surface area (Å²) in [6.45, 7) is 0.0766. The van der Waals surface area contributed by atoms with E-state index in [1.54, 1.807) is 0 Å². The lowest BCUT2D eigenvalue weighted by Crippen LogP contribution is -2.44. The number of aromatic nitrogens is 2. The predicted molar refractivity (Wildman–Crippen MR) is 68.0 cm³/mol. The minimum atomic E-state index is -0.317. The van der Waals surface area contributed by atoms with E-state index >= 15 is 0 Å². The summed E-state index contributed by atoms with van der Waals surface area (Å²) in [4.78, 5) is 7.89. The number of rotatable bonds is 3. The number of hydrogen-bond donors (Lipinski definition) is 3. The fraction of sp³-hybridized carbons (Fsp3) is 0.636. The molecule has 6 heteroatoms. The van der Waals surface area contributed by atoms with Gasteiger partial charge in [0.05, 0.1) is 18.3 Å². The number of halogens is 1. The van der Waals surface area contributed by atoms with Gasteiger partial charge in [-0.2, -0.15) is 4.98 Å². The van der Waals surface area contributed by atoms with Gasteiger partial charge in [-0.25, -0.2) is 4.98 Å². The molecule has 2 rings (SSSR count). The van der Waals surface area contributed by atoms with Crippen LogP contribution in [0, 0.1) is 0 Å². The Kier molecular flexibility index (Phi) is 3.69. The molecule has 1 heterocycles. The molecule has 0 unspecified atom stereocenters. The first-order valence-corrected chi connectivity index (χ1v) is 6.20. The second-order valence-electron chi connectivity index (χ2n) is 4.55. The van der Waals surface area contributed by atoms with Gasteiger partial charge < -0.3 is 16.2 Å². The van der Waals surface area contributed by atoms with Crippen molar-refractivity contribution in [2.45, 2.75) is 37.6 Å². The van der Waals surface area contributed by atoms with E-state index in [0.717, 1.165) is 25.7 Å². The van der Waals surface area contributed by atoms with Crippen LogP contribution >= 0.6 is 11.6 Å². The van der Waals surface area contributed by atoms with Gasteiger partial charge in [0.15, 0.2) is 5.82 Å². The van der Waals surface area contributed by atoms with Crippen LogP contribution in [0.15, 0.2) is 6.20 Å². The Hall–Kier alpha value is -1.07. The van der Waals surface area contributed by atoms with Crippen molar-refractivity contribution in [1.29, 1.82) is 0 Å². The smallest absolute Gasteiger partial charge is 0.222 e. The molecular weight excluding hydrogens is 240 g/mol. The minimum Gasteiger partial charge on any atom is -0.394 e. The third-order valence-electron chi connectivity index (χ3n) is 3.26. The number of nitrogens with one attached hydrogen (secondary N) is 1. The van der Waals surface area contributed by atoms with Crippen LogP contribution in [0.25, 0.3) is 0 Å². The molecule has 5 nitrogen and oxygen atoms in total. The number of aliphatic hydroxyl groups excluding tert-OH is 1. The molecule has 1 aliphatic carbocycles. The zero-order valence-electron chi connectivity index (χ0n) is 9.62. The largest absolute Gasteiger partial charge is 0.394 e. The molecule has 0 atom stereocenters. The Labute approximate surface area is 105 Å². The highest BCUT2D eigenvalue weighted by molar-refractivity contribution is 6.32. The maximum absolute atomic E-state index is 9.58. The monoisotopic (exact) mass is 256 g/mol. The van der Waals surface area contributed by atoms with Crippen molar-refractivity contribution in [2.24, 2.45) is 0 Å². The van der Waals surface area contributed by atoms with Gasteiger partial charge in [0.1, 0.15) is 5.02 Å². The van der Waals surface area contributed by atoms with Gasteiger partial charge >= 0.3 is 0 Å². The first kappa shape index (κ1) is 12.4. The van der Waals surface area contributed by atoms with Crippen molar-refractivity contribution < 1.29 is 5.11 Å². The first-order valence-electron chi connectivity index (χ1n) is 5.82. The third-order valence-corrected chi connectivity index (χ3v) is 3.54. The normalized spacial score (nSPS) is 18.9. The maximum atomic E-state index is 9.58. The van der Waals surface area contributed by atoms with Crippen molar-refractivity contribution >= 4 is 23.4 Å². The van der Waals surface area contributed by atoms with E-state index in [-0.39, 0.29) is 18.1 Å². The standard InChI is InChI=1S/C11H17ClN4O/c12-8-6-14-10(13)15-9(8)16-11(7-17)4-2-1-3-5-11/h6,17H,1-5,7H2,(H3,13,14,15,16). The van der Waals surface area contributed by atoms with Gasteiger partial charge in [0, 0.05) is 0 Å². The van der Waals surface area contributed by atoms with E-state index in [1.165, 1.54) is 12.6 Å². The molecule has 17 heavy (non-hydrogen) atoms. The van der Waals surface area contributed by atoms with E-state index in [0.29, 0.717) is 10.8 Å². The summed E-state index contributed by atoms with van der Waals surface area (Å²) in [5.41, 5.74) is 5.22. The molecular formula is C11H17ClN4O. The van der Waals surface area contributed by atoms with Crippen LogP contribution in [0.2, 0.25) is 5.02 Å². The van der Waals surface area contributed by atoms with E-state index in [4.69, 9.17) is 17.3 Å². The number of nitrogens with zero attached hydrogens (tertiary/aromatic N) is 2. The van der Waals surface area contributed by atoms with Crippen LogP contribution in [-0.2, 0) is 0 Å². The number of hydrogen-bond acceptors (Lipinski definition) is 5. The number of nitrogen functional groups attached to an aromatic ring is 1. The molecule has 0 radical (unpaired) electrons. The van der Waals surface area contributed by atoms with Gasteiger partial charge in [0.25, 0.3) is 0 Å². The summed E-state index contributed by atoms with van der Waals surface area (Å²) in [7, 11) is 0. The van der Waals surface area contributed by atoms with Crippen molar-refractivity contribution in [1.82, 2.24) is 9.97 Å². The molecule has 0 saturated heterocycles. The first-order chi connectivity index (χ1) is 8.15. The SMILES string of the molecule is Nc1ncc(Cl)c(NC2(CO)CCCCC2)n1. The van der Waals surface area contributed by atoms with Gasteiger partial charge in [-0.1, -0.05) is 30.9 Å². The zero-order valence-corrected chi connectivity index (χ0v) is 10.4. The molecule has 0 spiro atoms. The number of anilines is 2. The van der Waals surface area contributed by atoms with Crippen LogP contribution in [0.3, 0.4) is 0 Å². The molecule has 0 aliphatic heterocycles. The molecule has 0 amide bonds. The average Bonchev–Trinajstić information content (AvgIpc) is 2.35. The molecule has 1 saturated carbocycles. The maximum Gasteiger partial charge on any atom is 0.222 e. The fourth-order valence-corrected chi connectivity index (χ4v) is 2.41. The van der Waals surface area contributed by atoms with Gasteiger partial charge in [-0.05, 0) is 12.8 Å². The molecule has 1 fully saturated rings. The fourth-order valence-electron chi connectivity index (χ4n) is 2.27. The second-order valence-corrected chi connectivity index (χ2v) is 4.96. The molecule has 0 bridgehead atoms. The highest BCUT2D eigenvalue weighted by Crippen LogP contribution is 2.32. The number of aliphatic hydroxyl groups is 1. The average molecular weight is 257 g/mol. The molecule has 4 N–H and O–H groups in total. The van der Waals surface area contributed by atoms with Gasteiger partial charge in [0.2, 0.25) is 5.95 Å². The topological polar surface area (TPSA) is 84.1 Å². The summed E-state index contributed by atoms with van der Waals surface area (Å²) in [5, 5.41) is 13.3. The molecule has 1 aromatic heterocycles. The van der Waals surface area contributed by atoms with Crippen molar-refractivity contribution in [3.63, 3.8) is 0 Å². The summed E-state index contributed by atoms with van der Waals surface area (Å²) >= 11 is 6.01. The van der Waals surface area contributed by atoms with E-state index < -0.39 is 0 Å². The predicted octanol–water partition coefficient (Wildman–Crippen LogP) is 1.82.